The van der Waals surface area contributed by atoms with Crippen LogP contribution in [-0.4, -0.2) is 0 Å². The molecule has 2 fully saturated rings. The monoisotopic (exact) mass is 299 g/mol. The molecular weight excluding hydrogens is 266 g/mol. The lowest BCUT2D eigenvalue weighted by Crippen LogP contribution is -2.17. The minimum atomic E-state index is 0.750. The molecule has 2 saturated carbocycles. The maximum atomic E-state index is 8.46. The van der Waals surface area contributed by atoms with E-state index >= 15 is 0 Å². The van der Waals surface area contributed by atoms with Crippen LogP contribution in [0.4, 0.5) is 0 Å². The highest BCUT2D eigenvalue weighted by Gasteiger charge is 2.23. The highest BCUT2D eigenvalue weighted by Crippen LogP contribution is 2.37. The Morgan fingerprint density at radius 1 is 0.818 bits per heavy atom. The second kappa shape index (κ2) is 9.88. The lowest BCUT2D eigenvalue weighted by atomic mass is 9.75. The van der Waals surface area contributed by atoms with E-state index in [4.69, 9.17) is 5.26 Å². The molecule has 0 heterocycles. The molecule has 0 unspecified atom stereocenters. The van der Waals surface area contributed by atoms with Gasteiger partial charge in [0.25, 0.3) is 0 Å². The molecule has 122 valence electrons. The molecule has 0 atom stereocenters. The summed E-state index contributed by atoms with van der Waals surface area (Å²) in [5.74, 6) is 3.81. The molecule has 0 aromatic rings. The normalized spacial score (nSPS) is 33.3. The Labute approximate surface area is 137 Å². The van der Waals surface area contributed by atoms with Gasteiger partial charge in [-0.2, -0.15) is 5.26 Å². The van der Waals surface area contributed by atoms with Gasteiger partial charge in [-0.25, -0.2) is 0 Å². The van der Waals surface area contributed by atoms with Crippen LogP contribution < -0.4 is 0 Å². The molecule has 0 bridgehead atoms. The molecule has 0 spiro atoms. The lowest BCUT2D eigenvalue weighted by molar-refractivity contribution is 0.224. The van der Waals surface area contributed by atoms with Crippen LogP contribution in [0.5, 0.6) is 0 Å². The zero-order chi connectivity index (χ0) is 15.6. The number of allylic oxidation sites excluding steroid dienone is 4. The minimum Gasteiger partial charge on any atom is -0.193 e. The van der Waals surface area contributed by atoms with Crippen LogP contribution >= 0.6 is 0 Å². The lowest BCUT2D eigenvalue weighted by Gasteiger charge is -2.31. The summed E-state index contributed by atoms with van der Waals surface area (Å²) < 4.78 is 0. The minimum absolute atomic E-state index is 0.750. The summed E-state index contributed by atoms with van der Waals surface area (Å²) in [5.41, 5.74) is 0. The van der Waals surface area contributed by atoms with Crippen LogP contribution in [0, 0.1) is 35.0 Å². The summed E-state index contributed by atoms with van der Waals surface area (Å²) in [7, 11) is 0. The van der Waals surface area contributed by atoms with Gasteiger partial charge in [-0.1, -0.05) is 70.1 Å². The second-order valence-corrected chi connectivity index (χ2v) is 7.53. The Morgan fingerprint density at radius 3 is 1.91 bits per heavy atom. The standard InChI is InChI=1S/C21H33N/c1-2-18-7-9-20(10-8-18)15-16-21-13-11-19(12-14-21)6-4-3-5-17-22/h3-6,18-21H,2,7-16H2,1H3. The molecule has 2 aliphatic rings. The van der Waals surface area contributed by atoms with Crippen molar-refractivity contribution in [3.05, 3.63) is 24.3 Å². The highest BCUT2D eigenvalue weighted by atomic mass is 14.3. The summed E-state index contributed by atoms with van der Waals surface area (Å²) in [6, 6.07) is 2.03. The molecule has 2 rings (SSSR count). The van der Waals surface area contributed by atoms with Crippen LogP contribution in [0.15, 0.2) is 24.3 Å². The van der Waals surface area contributed by atoms with Crippen molar-refractivity contribution in [3.8, 4) is 6.07 Å². The first-order chi connectivity index (χ1) is 10.8. The topological polar surface area (TPSA) is 23.8 Å². The van der Waals surface area contributed by atoms with Crippen molar-refractivity contribution in [2.75, 3.05) is 0 Å². The van der Waals surface area contributed by atoms with E-state index < -0.39 is 0 Å². The van der Waals surface area contributed by atoms with Gasteiger partial charge in [0.05, 0.1) is 6.07 Å². The third-order valence-corrected chi connectivity index (χ3v) is 6.08. The number of rotatable bonds is 6. The van der Waals surface area contributed by atoms with Gasteiger partial charge in [0.15, 0.2) is 0 Å². The van der Waals surface area contributed by atoms with Gasteiger partial charge in [0.2, 0.25) is 0 Å². The van der Waals surface area contributed by atoms with Crippen molar-refractivity contribution < 1.29 is 0 Å². The summed E-state index contributed by atoms with van der Waals surface area (Å²) in [5, 5.41) is 8.46. The summed E-state index contributed by atoms with van der Waals surface area (Å²) >= 11 is 0. The van der Waals surface area contributed by atoms with Crippen molar-refractivity contribution in [1.29, 1.82) is 5.26 Å². The van der Waals surface area contributed by atoms with Gasteiger partial charge in [0.1, 0.15) is 0 Å². The van der Waals surface area contributed by atoms with E-state index in [0.29, 0.717) is 0 Å². The molecule has 2 aliphatic carbocycles. The Bertz CT molecular complexity index is 385. The average Bonchev–Trinajstić information content (AvgIpc) is 2.58. The predicted molar refractivity (Wildman–Crippen MR) is 94.3 cm³/mol. The quantitative estimate of drug-likeness (QED) is 0.410. The van der Waals surface area contributed by atoms with Crippen molar-refractivity contribution >= 4 is 0 Å². The van der Waals surface area contributed by atoms with Gasteiger partial charge in [-0.15, -0.1) is 0 Å². The Kier molecular flexibility index (Phi) is 7.78. The molecule has 1 nitrogen and oxygen atoms in total. The second-order valence-electron chi connectivity index (χ2n) is 7.53. The van der Waals surface area contributed by atoms with E-state index in [0.717, 1.165) is 23.7 Å². The van der Waals surface area contributed by atoms with Crippen LogP contribution in [0.3, 0.4) is 0 Å². The zero-order valence-electron chi connectivity index (χ0n) is 14.3. The maximum absolute atomic E-state index is 8.46. The summed E-state index contributed by atoms with van der Waals surface area (Å²) in [4.78, 5) is 0. The third kappa shape index (κ3) is 5.99. The molecule has 0 aromatic carbocycles. The number of nitriles is 1. The van der Waals surface area contributed by atoms with Crippen LogP contribution in [-0.2, 0) is 0 Å². The Hall–Kier alpha value is -1.03. The molecule has 0 aromatic heterocycles. The Balaban J connectivity index is 1.59. The molecular formula is C21H33N. The van der Waals surface area contributed by atoms with Crippen molar-refractivity contribution in [3.63, 3.8) is 0 Å². The van der Waals surface area contributed by atoms with Crippen molar-refractivity contribution in [2.24, 2.45) is 23.7 Å². The summed E-state index contributed by atoms with van der Waals surface area (Å²) in [6.45, 7) is 2.36. The fourth-order valence-corrected chi connectivity index (χ4v) is 4.39. The largest absolute Gasteiger partial charge is 0.193 e. The first kappa shape index (κ1) is 17.3. The molecule has 0 radical (unpaired) electrons. The van der Waals surface area contributed by atoms with Gasteiger partial charge in [-0.05, 0) is 49.4 Å². The predicted octanol–water partition coefficient (Wildman–Crippen LogP) is 6.43. The Morgan fingerprint density at radius 2 is 1.36 bits per heavy atom. The third-order valence-electron chi connectivity index (χ3n) is 6.08. The fourth-order valence-electron chi connectivity index (χ4n) is 4.39. The molecule has 0 aliphatic heterocycles. The number of hydrogen-bond donors (Lipinski definition) is 0. The van der Waals surface area contributed by atoms with E-state index in [9.17, 15) is 0 Å². The van der Waals surface area contributed by atoms with Crippen LogP contribution in [0.2, 0.25) is 0 Å². The number of nitrogens with zero attached hydrogens (tertiary/aromatic N) is 1. The molecule has 0 N–H and O–H groups in total. The van der Waals surface area contributed by atoms with E-state index in [2.05, 4.69) is 19.1 Å². The maximum Gasteiger partial charge on any atom is 0.0912 e. The highest BCUT2D eigenvalue weighted by molar-refractivity contribution is 5.12. The van der Waals surface area contributed by atoms with Gasteiger partial charge in [-0.3, -0.25) is 0 Å². The van der Waals surface area contributed by atoms with Crippen molar-refractivity contribution in [1.82, 2.24) is 0 Å². The average molecular weight is 300 g/mol. The molecule has 0 saturated heterocycles. The van der Waals surface area contributed by atoms with E-state index in [1.165, 1.54) is 70.6 Å². The fraction of sp³-hybridized carbons (Fsp3) is 0.762. The zero-order valence-corrected chi connectivity index (χ0v) is 14.3. The van der Waals surface area contributed by atoms with Gasteiger partial charge in [0, 0.05) is 6.08 Å². The molecule has 22 heavy (non-hydrogen) atoms. The molecule has 0 amide bonds. The van der Waals surface area contributed by atoms with E-state index in [1.807, 2.05) is 12.1 Å². The first-order valence-electron chi connectivity index (χ1n) is 9.54. The van der Waals surface area contributed by atoms with Crippen LogP contribution in [0.1, 0.15) is 77.6 Å². The van der Waals surface area contributed by atoms with E-state index in [1.54, 1.807) is 6.08 Å². The summed E-state index contributed by atoms with van der Waals surface area (Å²) in [6.07, 6.45) is 23.7. The van der Waals surface area contributed by atoms with Gasteiger partial charge >= 0.3 is 0 Å². The SMILES string of the molecule is CCC1CCC(CCC2CCC(C=CC=CC#N)CC2)CC1. The smallest absolute Gasteiger partial charge is 0.0912 e. The molecule has 1 heteroatoms. The van der Waals surface area contributed by atoms with Crippen LogP contribution in [0.25, 0.3) is 0 Å². The van der Waals surface area contributed by atoms with E-state index in [-0.39, 0.29) is 0 Å². The van der Waals surface area contributed by atoms with Crippen molar-refractivity contribution in [2.45, 2.75) is 77.6 Å². The van der Waals surface area contributed by atoms with Gasteiger partial charge < -0.3 is 0 Å². The number of hydrogen-bond acceptors (Lipinski definition) is 1. The first-order valence-corrected chi connectivity index (χ1v) is 9.54.